The smallest absolute Gasteiger partial charge is 0.143 e. The highest BCUT2D eigenvalue weighted by Crippen LogP contribution is 2.61. The fourth-order valence-electron chi connectivity index (χ4n) is 3.50. The number of rotatable bonds is 0. The standard InChI is InChI=1S/C13H18OS2/c1-9-10-3-4-11(14)12(10,2)5-6-13(9)15-7-8-16-13/h3-8H2,1-2H3. The van der Waals surface area contributed by atoms with Crippen molar-refractivity contribution in [2.45, 2.75) is 43.6 Å². The second-order valence-corrected chi connectivity index (χ2v) is 8.35. The van der Waals surface area contributed by atoms with Crippen LogP contribution < -0.4 is 0 Å². The molecule has 2 aliphatic carbocycles. The lowest BCUT2D eigenvalue weighted by Crippen LogP contribution is -2.35. The molecule has 1 nitrogen and oxygen atoms in total. The molecule has 0 radical (unpaired) electrons. The van der Waals surface area contributed by atoms with Crippen molar-refractivity contribution in [3.8, 4) is 0 Å². The average Bonchev–Trinajstić information content (AvgIpc) is 2.83. The van der Waals surface area contributed by atoms with E-state index in [0.717, 1.165) is 19.3 Å². The number of fused-ring (bicyclic) bond motifs is 1. The Kier molecular flexibility index (Phi) is 2.49. The Bertz CT molecular complexity index is 379. The largest absolute Gasteiger partial charge is 0.299 e. The number of carbonyl (C=O) groups is 1. The summed E-state index contributed by atoms with van der Waals surface area (Å²) in [6.45, 7) is 4.47. The average molecular weight is 254 g/mol. The van der Waals surface area contributed by atoms with Crippen LogP contribution >= 0.6 is 23.5 Å². The van der Waals surface area contributed by atoms with Crippen molar-refractivity contribution in [3.63, 3.8) is 0 Å². The Labute approximate surface area is 106 Å². The normalized spacial score (nSPS) is 37.2. The minimum absolute atomic E-state index is 0.0843. The third kappa shape index (κ3) is 1.30. The summed E-state index contributed by atoms with van der Waals surface area (Å²) in [5.41, 5.74) is 2.95. The molecule has 1 atom stereocenters. The van der Waals surface area contributed by atoms with Gasteiger partial charge in [0, 0.05) is 23.3 Å². The Morgan fingerprint density at radius 1 is 1.12 bits per heavy atom. The van der Waals surface area contributed by atoms with Crippen LogP contribution in [0.2, 0.25) is 0 Å². The number of Topliss-reactive ketones (excluding diaryl/α,β-unsaturated/α-hetero) is 1. The molecule has 88 valence electrons. The maximum atomic E-state index is 12.0. The molecule has 16 heavy (non-hydrogen) atoms. The number of thioether (sulfide) groups is 2. The molecule has 1 heterocycles. The van der Waals surface area contributed by atoms with Crippen molar-refractivity contribution in [1.82, 2.24) is 0 Å². The van der Waals surface area contributed by atoms with Gasteiger partial charge < -0.3 is 0 Å². The van der Waals surface area contributed by atoms with Gasteiger partial charge in [0.25, 0.3) is 0 Å². The maximum Gasteiger partial charge on any atom is 0.143 e. The van der Waals surface area contributed by atoms with Gasteiger partial charge in [0.1, 0.15) is 5.78 Å². The lowest BCUT2D eigenvalue weighted by molar-refractivity contribution is -0.124. The second-order valence-electron chi connectivity index (χ2n) is 5.31. The third-order valence-electron chi connectivity index (χ3n) is 4.62. The SMILES string of the molecule is CC1=C2CCC(=O)C2(C)CCC12SCCS2. The van der Waals surface area contributed by atoms with E-state index in [4.69, 9.17) is 0 Å². The minimum Gasteiger partial charge on any atom is -0.299 e. The fraction of sp³-hybridized carbons (Fsp3) is 0.769. The topological polar surface area (TPSA) is 17.1 Å². The quantitative estimate of drug-likeness (QED) is 0.614. The van der Waals surface area contributed by atoms with Crippen molar-refractivity contribution in [3.05, 3.63) is 11.1 Å². The molecule has 1 unspecified atom stereocenters. The maximum absolute atomic E-state index is 12.0. The van der Waals surface area contributed by atoms with Gasteiger partial charge in [0.05, 0.1) is 4.08 Å². The first-order valence-electron chi connectivity index (χ1n) is 6.10. The van der Waals surface area contributed by atoms with Crippen molar-refractivity contribution in [2.75, 3.05) is 11.5 Å². The zero-order chi connectivity index (χ0) is 11.4. The van der Waals surface area contributed by atoms with Gasteiger partial charge in [-0.25, -0.2) is 0 Å². The highest BCUT2D eigenvalue weighted by atomic mass is 32.2. The Morgan fingerprint density at radius 3 is 2.50 bits per heavy atom. The molecule has 2 fully saturated rings. The van der Waals surface area contributed by atoms with E-state index >= 15 is 0 Å². The minimum atomic E-state index is -0.0843. The number of hydrogen-bond donors (Lipinski definition) is 0. The lowest BCUT2D eigenvalue weighted by atomic mass is 9.72. The highest BCUT2D eigenvalue weighted by molar-refractivity contribution is 8.21. The Morgan fingerprint density at radius 2 is 1.81 bits per heavy atom. The number of hydrogen-bond acceptors (Lipinski definition) is 3. The van der Waals surface area contributed by atoms with Crippen molar-refractivity contribution >= 4 is 29.3 Å². The number of ketones is 1. The molecule has 0 N–H and O–H groups in total. The molecule has 1 saturated heterocycles. The molecule has 1 aliphatic heterocycles. The van der Waals surface area contributed by atoms with Gasteiger partial charge in [-0.15, -0.1) is 23.5 Å². The van der Waals surface area contributed by atoms with E-state index in [2.05, 4.69) is 37.4 Å². The van der Waals surface area contributed by atoms with Gasteiger partial charge in [0.15, 0.2) is 0 Å². The molecule has 3 heteroatoms. The van der Waals surface area contributed by atoms with E-state index in [1.54, 1.807) is 5.57 Å². The van der Waals surface area contributed by atoms with Crippen LogP contribution in [-0.2, 0) is 4.79 Å². The molecule has 0 amide bonds. The van der Waals surface area contributed by atoms with Crippen LogP contribution in [0, 0.1) is 5.41 Å². The Balaban J connectivity index is 2.08. The van der Waals surface area contributed by atoms with Crippen LogP contribution in [0.25, 0.3) is 0 Å². The van der Waals surface area contributed by atoms with Crippen LogP contribution in [0.4, 0.5) is 0 Å². The lowest BCUT2D eigenvalue weighted by Gasteiger charge is -2.41. The first-order chi connectivity index (χ1) is 7.58. The third-order valence-corrected chi connectivity index (χ3v) is 8.35. The summed E-state index contributed by atoms with van der Waals surface area (Å²) in [6, 6.07) is 0. The van der Waals surface area contributed by atoms with Gasteiger partial charge in [-0.2, -0.15) is 0 Å². The number of allylic oxidation sites excluding steroid dienone is 1. The van der Waals surface area contributed by atoms with E-state index in [1.165, 1.54) is 23.5 Å². The van der Waals surface area contributed by atoms with E-state index in [9.17, 15) is 4.79 Å². The molecule has 0 aromatic rings. The van der Waals surface area contributed by atoms with Crippen LogP contribution in [0.15, 0.2) is 11.1 Å². The summed E-state index contributed by atoms with van der Waals surface area (Å²) in [4.78, 5) is 12.0. The second kappa shape index (κ2) is 3.55. The monoisotopic (exact) mass is 254 g/mol. The van der Waals surface area contributed by atoms with E-state index in [1.807, 2.05) is 0 Å². The summed E-state index contributed by atoms with van der Waals surface area (Å²) in [7, 11) is 0. The van der Waals surface area contributed by atoms with Crippen LogP contribution in [0.3, 0.4) is 0 Å². The molecule has 0 bridgehead atoms. The summed E-state index contributed by atoms with van der Waals surface area (Å²) in [5.74, 6) is 3.05. The van der Waals surface area contributed by atoms with Gasteiger partial charge in [-0.1, -0.05) is 5.57 Å². The molecular formula is C13H18OS2. The van der Waals surface area contributed by atoms with Crippen LogP contribution in [0.1, 0.15) is 39.5 Å². The molecule has 0 aromatic carbocycles. The van der Waals surface area contributed by atoms with E-state index in [-0.39, 0.29) is 5.41 Å². The first-order valence-corrected chi connectivity index (χ1v) is 8.08. The Hall–Kier alpha value is 0.110. The molecule has 1 saturated carbocycles. The van der Waals surface area contributed by atoms with E-state index < -0.39 is 0 Å². The number of carbonyl (C=O) groups excluding carboxylic acids is 1. The van der Waals surface area contributed by atoms with Gasteiger partial charge in [0.2, 0.25) is 0 Å². The van der Waals surface area contributed by atoms with Crippen molar-refractivity contribution < 1.29 is 4.79 Å². The molecule has 0 aromatic heterocycles. The molecular weight excluding hydrogens is 236 g/mol. The summed E-state index contributed by atoms with van der Waals surface area (Å²) in [5, 5.41) is 0. The zero-order valence-corrected chi connectivity index (χ0v) is 11.6. The van der Waals surface area contributed by atoms with Crippen LogP contribution in [0.5, 0.6) is 0 Å². The van der Waals surface area contributed by atoms with Crippen molar-refractivity contribution in [2.24, 2.45) is 5.41 Å². The highest BCUT2D eigenvalue weighted by Gasteiger charge is 2.52. The molecule has 1 spiro atoms. The summed E-state index contributed by atoms with van der Waals surface area (Å²) < 4.78 is 0.347. The zero-order valence-electron chi connectivity index (χ0n) is 9.97. The first kappa shape index (κ1) is 11.2. The molecule has 3 aliphatic rings. The van der Waals surface area contributed by atoms with Crippen LogP contribution in [-0.4, -0.2) is 21.4 Å². The van der Waals surface area contributed by atoms with Gasteiger partial charge >= 0.3 is 0 Å². The van der Waals surface area contributed by atoms with E-state index in [0.29, 0.717) is 9.86 Å². The predicted molar refractivity (Wildman–Crippen MR) is 71.9 cm³/mol. The van der Waals surface area contributed by atoms with Crippen molar-refractivity contribution in [1.29, 1.82) is 0 Å². The predicted octanol–water partition coefficient (Wildman–Crippen LogP) is 3.64. The molecule has 3 rings (SSSR count). The van der Waals surface area contributed by atoms with Gasteiger partial charge in [-0.05, 0) is 38.7 Å². The summed E-state index contributed by atoms with van der Waals surface area (Å²) in [6.07, 6.45) is 4.09. The fourth-order valence-corrected chi connectivity index (χ4v) is 6.83. The summed E-state index contributed by atoms with van der Waals surface area (Å²) >= 11 is 4.23. The van der Waals surface area contributed by atoms with Gasteiger partial charge in [-0.3, -0.25) is 4.79 Å².